The Kier molecular flexibility index (Phi) is 3.74. The second-order valence-electron chi connectivity index (χ2n) is 1.92. The van der Waals surface area contributed by atoms with E-state index in [9.17, 15) is 0 Å². The van der Waals surface area contributed by atoms with Crippen molar-refractivity contribution in [3.63, 3.8) is 0 Å². The van der Waals surface area contributed by atoms with Gasteiger partial charge in [0, 0.05) is 11.5 Å². The van der Waals surface area contributed by atoms with Gasteiger partial charge in [-0.05, 0) is 6.42 Å². The Hall–Kier alpha value is -0.810. The first-order valence-electron chi connectivity index (χ1n) is 2.96. The summed E-state index contributed by atoms with van der Waals surface area (Å²) in [6.07, 6.45) is 0.781. The summed E-state index contributed by atoms with van der Waals surface area (Å²) in [5.74, 6) is -0.0324. The summed E-state index contributed by atoms with van der Waals surface area (Å²) in [6.45, 7) is 5.44. The lowest BCUT2D eigenvalue weighted by atomic mass is 10.0. The Morgan fingerprint density at radius 2 is 2.44 bits per heavy atom. The van der Waals surface area contributed by atoms with Crippen molar-refractivity contribution in [1.82, 2.24) is 0 Å². The first-order chi connectivity index (χ1) is 4.26. The van der Waals surface area contributed by atoms with Gasteiger partial charge >= 0.3 is 0 Å². The molecule has 2 nitrogen and oxygen atoms in total. The van der Waals surface area contributed by atoms with Crippen molar-refractivity contribution < 1.29 is 5.11 Å². The second kappa shape index (κ2) is 4.11. The minimum absolute atomic E-state index is 0.0306. The number of aliphatic hydroxyl groups excluding tert-OH is 1. The summed E-state index contributed by atoms with van der Waals surface area (Å²) in [4.78, 5) is 0. The van der Waals surface area contributed by atoms with Gasteiger partial charge in [0.15, 0.2) is 0 Å². The van der Waals surface area contributed by atoms with Crippen LogP contribution in [0, 0.1) is 17.2 Å². The molecular weight excluding hydrogens is 114 g/mol. The van der Waals surface area contributed by atoms with Crippen LogP contribution in [-0.2, 0) is 0 Å². The van der Waals surface area contributed by atoms with Gasteiger partial charge in [0.2, 0.25) is 0 Å². The first kappa shape index (κ1) is 8.19. The van der Waals surface area contributed by atoms with Crippen LogP contribution in [0.5, 0.6) is 0 Å². The zero-order valence-corrected chi connectivity index (χ0v) is 5.59. The second-order valence-corrected chi connectivity index (χ2v) is 1.92. The maximum atomic E-state index is 8.62. The molecular formula is C7H11NO. The lowest BCUT2D eigenvalue weighted by molar-refractivity contribution is 0.246. The van der Waals surface area contributed by atoms with Crippen LogP contribution in [0.15, 0.2) is 12.2 Å². The molecule has 0 radical (unpaired) electrons. The maximum absolute atomic E-state index is 8.62. The standard InChI is InChI=1S/C7H11NO/c1-3-7(5-9)6(2)4-8/h7,9H,2-3,5H2,1H3. The molecule has 0 rings (SSSR count). The molecule has 0 fully saturated rings. The van der Waals surface area contributed by atoms with Crippen LogP contribution in [0.25, 0.3) is 0 Å². The van der Waals surface area contributed by atoms with Crippen LogP contribution in [0.2, 0.25) is 0 Å². The summed E-state index contributed by atoms with van der Waals surface area (Å²) in [5, 5.41) is 16.9. The minimum Gasteiger partial charge on any atom is -0.396 e. The maximum Gasteiger partial charge on any atom is 0.0944 e. The average molecular weight is 125 g/mol. The molecule has 0 aliphatic carbocycles. The largest absolute Gasteiger partial charge is 0.396 e. The highest BCUT2D eigenvalue weighted by molar-refractivity contribution is 5.19. The smallest absolute Gasteiger partial charge is 0.0944 e. The summed E-state index contributed by atoms with van der Waals surface area (Å²) in [5.41, 5.74) is 0.472. The van der Waals surface area contributed by atoms with Crippen LogP contribution in [-0.4, -0.2) is 11.7 Å². The highest BCUT2D eigenvalue weighted by Gasteiger charge is 2.06. The molecule has 1 atom stereocenters. The summed E-state index contributed by atoms with van der Waals surface area (Å²) in [7, 11) is 0. The van der Waals surface area contributed by atoms with Crippen LogP contribution in [0.4, 0.5) is 0 Å². The van der Waals surface area contributed by atoms with Gasteiger partial charge in [-0.2, -0.15) is 5.26 Å². The highest BCUT2D eigenvalue weighted by Crippen LogP contribution is 2.10. The van der Waals surface area contributed by atoms with Gasteiger partial charge in [-0.3, -0.25) is 0 Å². The van der Waals surface area contributed by atoms with Crippen molar-refractivity contribution in [2.75, 3.05) is 6.61 Å². The van der Waals surface area contributed by atoms with Gasteiger partial charge in [0.05, 0.1) is 12.7 Å². The van der Waals surface area contributed by atoms with E-state index in [0.29, 0.717) is 5.57 Å². The highest BCUT2D eigenvalue weighted by atomic mass is 16.3. The third-order valence-corrected chi connectivity index (χ3v) is 1.35. The normalized spacial score (nSPS) is 12.1. The number of aliphatic hydroxyl groups is 1. The molecule has 0 saturated carbocycles. The summed E-state index contributed by atoms with van der Waals surface area (Å²) in [6, 6.07) is 1.91. The molecule has 1 N–H and O–H groups in total. The van der Waals surface area contributed by atoms with Crippen molar-refractivity contribution in [3.05, 3.63) is 12.2 Å². The van der Waals surface area contributed by atoms with Gasteiger partial charge in [-0.15, -0.1) is 0 Å². The number of hydrogen-bond donors (Lipinski definition) is 1. The molecule has 0 aromatic carbocycles. The minimum atomic E-state index is -0.0324. The van der Waals surface area contributed by atoms with Gasteiger partial charge in [0.25, 0.3) is 0 Å². The van der Waals surface area contributed by atoms with Crippen molar-refractivity contribution in [1.29, 1.82) is 5.26 Å². The van der Waals surface area contributed by atoms with Crippen LogP contribution < -0.4 is 0 Å². The number of nitrogens with zero attached hydrogens (tertiary/aromatic N) is 1. The Labute approximate surface area is 55.4 Å². The zero-order valence-electron chi connectivity index (χ0n) is 5.59. The molecule has 0 spiro atoms. The van der Waals surface area contributed by atoms with Gasteiger partial charge < -0.3 is 5.11 Å². The molecule has 0 saturated heterocycles. The Morgan fingerprint density at radius 3 is 2.56 bits per heavy atom. The third kappa shape index (κ3) is 2.29. The lowest BCUT2D eigenvalue weighted by Crippen LogP contribution is -2.05. The molecule has 0 bridgehead atoms. The van der Waals surface area contributed by atoms with E-state index >= 15 is 0 Å². The lowest BCUT2D eigenvalue weighted by Gasteiger charge is -2.06. The Bertz CT molecular complexity index is 130. The molecule has 1 unspecified atom stereocenters. The van der Waals surface area contributed by atoms with Crippen LogP contribution in [0.1, 0.15) is 13.3 Å². The van der Waals surface area contributed by atoms with E-state index in [1.165, 1.54) is 0 Å². The number of nitriles is 1. The van der Waals surface area contributed by atoms with Crippen LogP contribution in [0.3, 0.4) is 0 Å². The first-order valence-corrected chi connectivity index (χ1v) is 2.96. The molecule has 2 heteroatoms. The average Bonchev–Trinajstić information content (AvgIpc) is 1.90. The zero-order chi connectivity index (χ0) is 7.28. The monoisotopic (exact) mass is 125 g/mol. The van der Waals surface area contributed by atoms with E-state index in [0.717, 1.165) is 6.42 Å². The van der Waals surface area contributed by atoms with E-state index in [1.807, 2.05) is 13.0 Å². The van der Waals surface area contributed by atoms with E-state index in [1.54, 1.807) is 0 Å². The molecule has 9 heavy (non-hydrogen) atoms. The van der Waals surface area contributed by atoms with Gasteiger partial charge in [-0.1, -0.05) is 13.5 Å². The topological polar surface area (TPSA) is 44.0 Å². The van der Waals surface area contributed by atoms with E-state index in [2.05, 4.69) is 6.58 Å². The molecule has 0 aliphatic heterocycles. The Balaban J connectivity index is 3.83. The quantitative estimate of drug-likeness (QED) is 0.574. The predicted molar refractivity (Wildman–Crippen MR) is 35.6 cm³/mol. The van der Waals surface area contributed by atoms with Crippen molar-refractivity contribution >= 4 is 0 Å². The fraction of sp³-hybridized carbons (Fsp3) is 0.571. The van der Waals surface area contributed by atoms with Crippen molar-refractivity contribution in [2.45, 2.75) is 13.3 Å². The molecule has 0 aliphatic rings. The summed E-state index contributed by atoms with van der Waals surface area (Å²) < 4.78 is 0. The number of hydrogen-bond acceptors (Lipinski definition) is 2. The van der Waals surface area contributed by atoms with Crippen molar-refractivity contribution in [2.24, 2.45) is 5.92 Å². The predicted octanol–water partition coefficient (Wildman–Crippen LogP) is 1.08. The van der Waals surface area contributed by atoms with Gasteiger partial charge in [0.1, 0.15) is 0 Å². The molecule has 50 valence electrons. The van der Waals surface area contributed by atoms with Crippen molar-refractivity contribution in [3.8, 4) is 6.07 Å². The molecule has 0 heterocycles. The summed E-state index contributed by atoms with van der Waals surface area (Å²) >= 11 is 0. The molecule has 0 amide bonds. The molecule has 0 aromatic heterocycles. The Morgan fingerprint density at radius 1 is 1.89 bits per heavy atom. The van der Waals surface area contributed by atoms with E-state index in [4.69, 9.17) is 10.4 Å². The van der Waals surface area contributed by atoms with Crippen LogP contribution >= 0.6 is 0 Å². The molecule has 0 aromatic rings. The van der Waals surface area contributed by atoms with Gasteiger partial charge in [-0.25, -0.2) is 0 Å². The fourth-order valence-corrected chi connectivity index (χ4v) is 0.577. The third-order valence-electron chi connectivity index (χ3n) is 1.35. The number of rotatable bonds is 3. The SMILES string of the molecule is C=C(C#N)C(CC)CO. The fourth-order valence-electron chi connectivity index (χ4n) is 0.577. The van der Waals surface area contributed by atoms with E-state index in [-0.39, 0.29) is 12.5 Å². The van der Waals surface area contributed by atoms with E-state index < -0.39 is 0 Å².